The van der Waals surface area contributed by atoms with Crippen molar-refractivity contribution in [1.29, 1.82) is 0 Å². The summed E-state index contributed by atoms with van der Waals surface area (Å²) in [5.41, 5.74) is 0.715. The van der Waals surface area contributed by atoms with Crippen LogP contribution in [0.3, 0.4) is 0 Å². The normalized spacial score (nSPS) is 14.3. The molecular weight excluding hydrogens is 314 g/mol. The SMILES string of the molecule is Cn1cc(C=CC(=O)N2CCc3sccc3C2)c(=O)n(C)c1=O. The zero-order valence-corrected chi connectivity index (χ0v) is 13.8. The van der Waals surface area contributed by atoms with Gasteiger partial charge in [-0.1, -0.05) is 0 Å². The van der Waals surface area contributed by atoms with E-state index in [1.54, 1.807) is 23.3 Å². The van der Waals surface area contributed by atoms with Gasteiger partial charge in [-0.15, -0.1) is 11.3 Å². The molecule has 0 bridgehead atoms. The molecule has 0 saturated carbocycles. The minimum Gasteiger partial charge on any atom is -0.334 e. The molecular formula is C16H17N3O3S. The molecule has 23 heavy (non-hydrogen) atoms. The summed E-state index contributed by atoms with van der Waals surface area (Å²) in [5, 5.41) is 2.04. The lowest BCUT2D eigenvalue weighted by Crippen LogP contribution is -2.37. The maximum atomic E-state index is 12.3. The van der Waals surface area contributed by atoms with Crippen molar-refractivity contribution in [2.45, 2.75) is 13.0 Å². The van der Waals surface area contributed by atoms with Gasteiger partial charge >= 0.3 is 5.69 Å². The molecule has 0 aliphatic carbocycles. The van der Waals surface area contributed by atoms with Gasteiger partial charge in [0, 0.05) is 44.3 Å². The molecule has 0 unspecified atom stereocenters. The van der Waals surface area contributed by atoms with E-state index in [4.69, 9.17) is 0 Å². The molecule has 3 rings (SSSR count). The van der Waals surface area contributed by atoms with E-state index in [0.29, 0.717) is 18.7 Å². The second-order valence-corrected chi connectivity index (χ2v) is 6.55. The first-order chi connectivity index (χ1) is 11.0. The van der Waals surface area contributed by atoms with Gasteiger partial charge < -0.3 is 9.47 Å². The molecule has 0 spiro atoms. The molecule has 0 fully saturated rings. The van der Waals surface area contributed by atoms with Gasteiger partial charge in [-0.2, -0.15) is 0 Å². The molecule has 2 aromatic heterocycles. The van der Waals surface area contributed by atoms with E-state index >= 15 is 0 Å². The maximum absolute atomic E-state index is 12.3. The lowest BCUT2D eigenvalue weighted by Gasteiger charge is -2.25. The van der Waals surface area contributed by atoms with Crippen LogP contribution < -0.4 is 11.2 Å². The first-order valence-corrected chi connectivity index (χ1v) is 8.14. The van der Waals surface area contributed by atoms with Crippen molar-refractivity contribution < 1.29 is 4.79 Å². The van der Waals surface area contributed by atoms with E-state index in [9.17, 15) is 14.4 Å². The molecule has 120 valence electrons. The van der Waals surface area contributed by atoms with Crippen molar-refractivity contribution in [3.63, 3.8) is 0 Å². The minimum absolute atomic E-state index is 0.127. The Morgan fingerprint density at radius 3 is 2.87 bits per heavy atom. The summed E-state index contributed by atoms with van der Waals surface area (Å²) in [5.74, 6) is -0.127. The summed E-state index contributed by atoms with van der Waals surface area (Å²) < 4.78 is 2.35. The monoisotopic (exact) mass is 331 g/mol. The molecule has 0 saturated heterocycles. The van der Waals surface area contributed by atoms with Gasteiger partial charge in [0.2, 0.25) is 5.91 Å². The molecule has 0 aromatic carbocycles. The van der Waals surface area contributed by atoms with E-state index < -0.39 is 5.56 Å². The van der Waals surface area contributed by atoms with Gasteiger partial charge in [-0.25, -0.2) is 4.79 Å². The molecule has 2 aromatic rings. The molecule has 1 aliphatic heterocycles. The summed E-state index contributed by atoms with van der Waals surface area (Å²) in [6.45, 7) is 1.29. The van der Waals surface area contributed by atoms with Crippen molar-refractivity contribution in [3.05, 3.63) is 60.6 Å². The molecule has 0 N–H and O–H groups in total. The lowest BCUT2D eigenvalue weighted by molar-refractivity contribution is -0.126. The van der Waals surface area contributed by atoms with Crippen LogP contribution in [0.2, 0.25) is 0 Å². The van der Waals surface area contributed by atoms with Crippen LogP contribution in [0, 0.1) is 0 Å². The van der Waals surface area contributed by atoms with Gasteiger partial charge in [-0.3, -0.25) is 14.2 Å². The summed E-state index contributed by atoms with van der Waals surface area (Å²) >= 11 is 1.72. The van der Waals surface area contributed by atoms with Gasteiger partial charge in [-0.05, 0) is 29.5 Å². The van der Waals surface area contributed by atoms with Crippen LogP contribution in [-0.2, 0) is 31.9 Å². The smallest absolute Gasteiger partial charge is 0.330 e. The number of aromatic nitrogens is 2. The molecule has 3 heterocycles. The van der Waals surface area contributed by atoms with Gasteiger partial charge in [0.1, 0.15) is 0 Å². The van der Waals surface area contributed by atoms with Crippen molar-refractivity contribution in [2.24, 2.45) is 14.1 Å². The average Bonchev–Trinajstić information content (AvgIpc) is 3.02. The molecule has 1 amide bonds. The van der Waals surface area contributed by atoms with Crippen molar-refractivity contribution >= 4 is 23.3 Å². The highest BCUT2D eigenvalue weighted by Crippen LogP contribution is 2.24. The van der Waals surface area contributed by atoms with E-state index in [-0.39, 0.29) is 11.6 Å². The third-order valence-corrected chi connectivity index (χ3v) is 5.02. The highest BCUT2D eigenvalue weighted by molar-refractivity contribution is 7.10. The zero-order valence-electron chi connectivity index (χ0n) is 13.0. The number of aryl methyl sites for hydroxylation is 1. The second kappa shape index (κ2) is 6.00. The van der Waals surface area contributed by atoms with Crippen molar-refractivity contribution in [3.8, 4) is 0 Å². The fraction of sp³-hybridized carbons (Fsp3) is 0.312. The Balaban J connectivity index is 1.80. The van der Waals surface area contributed by atoms with Crippen LogP contribution in [0.5, 0.6) is 0 Å². The molecule has 6 nitrogen and oxygen atoms in total. The van der Waals surface area contributed by atoms with Gasteiger partial charge in [0.15, 0.2) is 0 Å². The number of carbonyl (C=O) groups is 1. The standard InChI is InChI=1S/C16H17N3O3S/c1-17-9-12(15(21)18(2)16(17)22)3-4-14(20)19-7-5-13-11(10-19)6-8-23-13/h3-4,6,8-9H,5,7,10H2,1-2H3. The number of hydrogen-bond donors (Lipinski definition) is 0. The Hall–Kier alpha value is -2.41. The zero-order chi connectivity index (χ0) is 16.6. The van der Waals surface area contributed by atoms with E-state index in [1.165, 1.54) is 40.4 Å². The number of thiophene rings is 1. The Morgan fingerprint density at radius 2 is 2.09 bits per heavy atom. The predicted octanol–water partition coefficient (Wildman–Crippen LogP) is 0.744. The number of carbonyl (C=O) groups excluding carboxylic acids is 1. The van der Waals surface area contributed by atoms with Gasteiger partial charge in [0.05, 0.1) is 5.56 Å². The van der Waals surface area contributed by atoms with Crippen LogP contribution in [0.4, 0.5) is 0 Å². The molecule has 7 heteroatoms. The fourth-order valence-corrected chi connectivity index (χ4v) is 3.54. The fourth-order valence-electron chi connectivity index (χ4n) is 2.65. The Bertz CT molecular complexity index is 904. The Morgan fingerprint density at radius 1 is 1.30 bits per heavy atom. The van der Waals surface area contributed by atoms with Crippen LogP contribution in [0.1, 0.15) is 16.0 Å². The second-order valence-electron chi connectivity index (χ2n) is 5.55. The van der Waals surface area contributed by atoms with E-state index in [0.717, 1.165) is 11.0 Å². The predicted molar refractivity (Wildman–Crippen MR) is 89.4 cm³/mol. The summed E-state index contributed by atoms with van der Waals surface area (Å²) in [4.78, 5) is 39.1. The van der Waals surface area contributed by atoms with Crippen molar-refractivity contribution in [2.75, 3.05) is 6.54 Å². The third-order valence-electron chi connectivity index (χ3n) is 4.00. The highest BCUT2D eigenvalue weighted by atomic mass is 32.1. The first kappa shape index (κ1) is 15.5. The van der Waals surface area contributed by atoms with Crippen LogP contribution in [-0.4, -0.2) is 26.5 Å². The molecule has 0 radical (unpaired) electrons. The largest absolute Gasteiger partial charge is 0.334 e. The minimum atomic E-state index is -0.407. The van der Waals surface area contributed by atoms with Gasteiger partial charge in [0.25, 0.3) is 5.56 Å². The summed E-state index contributed by atoms with van der Waals surface area (Å²) in [7, 11) is 3.00. The number of hydrogen-bond acceptors (Lipinski definition) is 4. The topological polar surface area (TPSA) is 64.3 Å². The number of amides is 1. The van der Waals surface area contributed by atoms with Crippen LogP contribution in [0.15, 0.2) is 33.3 Å². The average molecular weight is 331 g/mol. The molecule has 0 atom stereocenters. The Kier molecular flexibility index (Phi) is 4.04. The highest BCUT2D eigenvalue weighted by Gasteiger charge is 2.19. The lowest BCUT2D eigenvalue weighted by atomic mass is 10.1. The summed E-state index contributed by atoms with van der Waals surface area (Å²) in [6, 6.07) is 2.05. The quantitative estimate of drug-likeness (QED) is 0.763. The van der Waals surface area contributed by atoms with E-state index in [2.05, 4.69) is 0 Å². The van der Waals surface area contributed by atoms with E-state index in [1.807, 2.05) is 11.4 Å². The first-order valence-electron chi connectivity index (χ1n) is 7.26. The van der Waals surface area contributed by atoms with Crippen molar-refractivity contribution in [1.82, 2.24) is 14.0 Å². The number of fused-ring (bicyclic) bond motifs is 1. The number of nitrogens with zero attached hydrogens (tertiary/aromatic N) is 3. The van der Waals surface area contributed by atoms with Crippen LogP contribution in [0.25, 0.3) is 6.08 Å². The maximum Gasteiger partial charge on any atom is 0.330 e. The van der Waals surface area contributed by atoms with Crippen LogP contribution >= 0.6 is 11.3 Å². The summed E-state index contributed by atoms with van der Waals surface area (Å²) in [6.07, 6.45) is 5.20. The Labute approximate surface area is 136 Å². The third kappa shape index (κ3) is 2.92. The number of rotatable bonds is 2. The molecule has 1 aliphatic rings.